The van der Waals surface area contributed by atoms with E-state index in [1.54, 1.807) is 0 Å². The average Bonchev–Trinajstić information content (AvgIpc) is 2.87. The van der Waals surface area contributed by atoms with Crippen LogP contribution in [0.25, 0.3) is 10.9 Å². The molecule has 0 spiro atoms. The van der Waals surface area contributed by atoms with Crippen LogP contribution in [0.3, 0.4) is 0 Å². The third-order valence-corrected chi connectivity index (χ3v) is 4.44. The molecule has 2 atom stereocenters. The molecule has 1 fully saturated rings. The number of aliphatic hydroxyl groups is 1. The van der Waals surface area contributed by atoms with E-state index in [-0.39, 0.29) is 6.61 Å². The van der Waals surface area contributed by atoms with E-state index in [9.17, 15) is 0 Å². The second kappa shape index (κ2) is 5.98. The number of aromatic nitrogens is 1. The van der Waals surface area contributed by atoms with Gasteiger partial charge in [0.15, 0.2) is 0 Å². The molecule has 1 saturated carbocycles. The summed E-state index contributed by atoms with van der Waals surface area (Å²) in [5, 5.41) is 14.6. The SMILES string of the molecule is OCCC1CCCC1Nc1ccnc2ccc(Cl)cc12. The largest absolute Gasteiger partial charge is 0.396 e. The standard InChI is InChI=1S/C16H19ClN2O/c17-12-4-5-15-13(10-12)16(6-8-18-15)19-14-3-1-2-11(14)7-9-20/h4-6,8,10-11,14,20H,1-3,7,9H2,(H,18,19). The van der Waals surface area contributed by atoms with Crippen LogP contribution in [-0.4, -0.2) is 22.7 Å². The van der Waals surface area contributed by atoms with Crippen LogP contribution >= 0.6 is 11.6 Å². The molecule has 1 aliphatic carbocycles. The van der Waals surface area contributed by atoms with Crippen LogP contribution in [0.2, 0.25) is 5.02 Å². The minimum absolute atomic E-state index is 0.270. The van der Waals surface area contributed by atoms with Crippen LogP contribution in [0, 0.1) is 5.92 Å². The average molecular weight is 291 g/mol. The molecule has 0 radical (unpaired) electrons. The fourth-order valence-electron chi connectivity index (χ4n) is 3.18. The second-order valence-corrected chi connectivity index (χ2v) is 5.91. The van der Waals surface area contributed by atoms with Crippen molar-refractivity contribution < 1.29 is 5.11 Å². The van der Waals surface area contributed by atoms with E-state index in [1.165, 1.54) is 12.8 Å². The zero-order valence-electron chi connectivity index (χ0n) is 11.3. The van der Waals surface area contributed by atoms with Crippen molar-refractivity contribution in [2.24, 2.45) is 5.92 Å². The van der Waals surface area contributed by atoms with Gasteiger partial charge >= 0.3 is 0 Å². The molecule has 20 heavy (non-hydrogen) atoms. The number of aliphatic hydroxyl groups excluding tert-OH is 1. The zero-order valence-corrected chi connectivity index (χ0v) is 12.1. The van der Waals surface area contributed by atoms with E-state index in [2.05, 4.69) is 10.3 Å². The lowest BCUT2D eigenvalue weighted by atomic mass is 9.99. The van der Waals surface area contributed by atoms with Gasteiger partial charge < -0.3 is 10.4 Å². The first kappa shape index (κ1) is 13.7. The molecule has 1 heterocycles. The number of halogens is 1. The quantitative estimate of drug-likeness (QED) is 0.899. The summed E-state index contributed by atoms with van der Waals surface area (Å²) in [4.78, 5) is 4.37. The van der Waals surface area contributed by atoms with Gasteiger partial charge in [0, 0.05) is 34.9 Å². The van der Waals surface area contributed by atoms with E-state index < -0.39 is 0 Å². The first-order valence-electron chi connectivity index (χ1n) is 7.19. The van der Waals surface area contributed by atoms with Gasteiger partial charge in [0.2, 0.25) is 0 Å². The molecule has 4 heteroatoms. The van der Waals surface area contributed by atoms with Gasteiger partial charge in [0.05, 0.1) is 5.52 Å². The van der Waals surface area contributed by atoms with Gasteiger partial charge in [-0.2, -0.15) is 0 Å². The van der Waals surface area contributed by atoms with E-state index in [0.29, 0.717) is 12.0 Å². The fourth-order valence-corrected chi connectivity index (χ4v) is 3.35. The van der Waals surface area contributed by atoms with Gasteiger partial charge in [0.25, 0.3) is 0 Å². The molecule has 2 N–H and O–H groups in total. The smallest absolute Gasteiger partial charge is 0.0723 e. The maximum absolute atomic E-state index is 9.16. The molecular formula is C16H19ClN2O. The minimum Gasteiger partial charge on any atom is -0.396 e. The van der Waals surface area contributed by atoms with Crippen LogP contribution < -0.4 is 5.32 Å². The number of fused-ring (bicyclic) bond motifs is 1. The van der Waals surface area contributed by atoms with Gasteiger partial charge in [-0.3, -0.25) is 4.98 Å². The Morgan fingerprint density at radius 3 is 3.05 bits per heavy atom. The third kappa shape index (κ3) is 2.74. The Hall–Kier alpha value is -1.32. The van der Waals surface area contributed by atoms with Crippen molar-refractivity contribution in [2.75, 3.05) is 11.9 Å². The molecule has 0 saturated heterocycles. The van der Waals surface area contributed by atoms with Crippen molar-refractivity contribution in [1.29, 1.82) is 0 Å². The molecule has 0 bridgehead atoms. The topological polar surface area (TPSA) is 45.1 Å². The van der Waals surface area contributed by atoms with Crippen LogP contribution in [0.1, 0.15) is 25.7 Å². The minimum atomic E-state index is 0.270. The second-order valence-electron chi connectivity index (χ2n) is 5.47. The summed E-state index contributed by atoms with van der Waals surface area (Å²) >= 11 is 6.10. The maximum atomic E-state index is 9.16. The van der Waals surface area contributed by atoms with Crippen molar-refractivity contribution >= 4 is 28.2 Å². The first-order valence-corrected chi connectivity index (χ1v) is 7.57. The molecule has 3 rings (SSSR count). The Bertz CT molecular complexity index is 602. The van der Waals surface area contributed by atoms with E-state index in [1.807, 2.05) is 30.5 Å². The number of hydrogen-bond donors (Lipinski definition) is 2. The highest BCUT2D eigenvalue weighted by molar-refractivity contribution is 6.31. The number of benzene rings is 1. The van der Waals surface area contributed by atoms with E-state index >= 15 is 0 Å². The van der Waals surface area contributed by atoms with E-state index in [4.69, 9.17) is 16.7 Å². The fraction of sp³-hybridized carbons (Fsp3) is 0.438. The summed E-state index contributed by atoms with van der Waals surface area (Å²) in [7, 11) is 0. The highest BCUT2D eigenvalue weighted by Crippen LogP contribution is 2.33. The lowest BCUT2D eigenvalue weighted by molar-refractivity contribution is 0.254. The molecule has 1 aromatic heterocycles. The predicted octanol–water partition coefficient (Wildman–Crippen LogP) is 3.85. The third-order valence-electron chi connectivity index (χ3n) is 4.20. The van der Waals surface area contributed by atoms with Gasteiger partial charge in [-0.1, -0.05) is 18.0 Å². The van der Waals surface area contributed by atoms with Gasteiger partial charge in [-0.05, 0) is 49.4 Å². The zero-order chi connectivity index (χ0) is 13.9. The molecule has 1 aromatic carbocycles. The molecule has 3 nitrogen and oxygen atoms in total. The molecule has 1 aliphatic rings. The van der Waals surface area contributed by atoms with Crippen LogP contribution in [0.15, 0.2) is 30.5 Å². The monoisotopic (exact) mass is 290 g/mol. The first-order chi connectivity index (χ1) is 9.78. The number of pyridine rings is 1. The van der Waals surface area contributed by atoms with Gasteiger partial charge in [-0.15, -0.1) is 0 Å². The molecule has 106 valence electrons. The molecule has 0 aliphatic heterocycles. The number of hydrogen-bond acceptors (Lipinski definition) is 3. The molecule has 0 amide bonds. The highest BCUT2D eigenvalue weighted by Gasteiger charge is 2.26. The maximum Gasteiger partial charge on any atom is 0.0723 e. The van der Waals surface area contributed by atoms with Crippen molar-refractivity contribution in [1.82, 2.24) is 4.98 Å². The Morgan fingerprint density at radius 2 is 2.20 bits per heavy atom. The van der Waals surface area contributed by atoms with E-state index in [0.717, 1.165) is 34.5 Å². The summed E-state index contributed by atoms with van der Waals surface area (Å²) < 4.78 is 0. The number of nitrogens with zero attached hydrogens (tertiary/aromatic N) is 1. The molecule has 2 aromatic rings. The molecule has 2 unspecified atom stereocenters. The molecular weight excluding hydrogens is 272 g/mol. The Morgan fingerprint density at radius 1 is 1.30 bits per heavy atom. The number of anilines is 1. The van der Waals surface area contributed by atoms with Crippen molar-refractivity contribution in [2.45, 2.75) is 31.7 Å². The summed E-state index contributed by atoms with van der Waals surface area (Å²) in [6.07, 6.45) is 6.29. The Balaban J connectivity index is 1.88. The summed E-state index contributed by atoms with van der Waals surface area (Å²) in [5.74, 6) is 0.558. The normalized spacial score (nSPS) is 22.3. The Labute approximate surface area is 124 Å². The van der Waals surface area contributed by atoms with Gasteiger partial charge in [0.1, 0.15) is 0 Å². The lowest BCUT2D eigenvalue weighted by Crippen LogP contribution is -2.24. The van der Waals surface area contributed by atoms with Crippen molar-refractivity contribution in [3.63, 3.8) is 0 Å². The summed E-state index contributed by atoms with van der Waals surface area (Å²) in [6, 6.07) is 8.22. The summed E-state index contributed by atoms with van der Waals surface area (Å²) in [6.45, 7) is 0.270. The van der Waals surface area contributed by atoms with Crippen LogP contribution in [-0.2, 0) is 0 Å². The van der Waals surface area contributed by atoms with Crippen LogP contribution in [0.4, 0.5) is 5.69 Å². The number of nitrogens with one attached hydrogen (secondary N) is 1. The highest BCUT2D eigenvalue weighted by atomic mass is 35.5. The Kier molecular flexibility index (Phi) is 4.08. The van der Waals surface area contributed by atoms with Gasteiger partial charge in [-0.25, -0.2) is 0 Å². The van der Waals surface area contributed by atoms with Crippen molar-refractivity contribution in [3.8, 4) is 0 Å². The lowest BCUT2D eigenvalue weighted by Gasteiger charge is -2.22. The predicted molar refractivity (Wildman–Crippen MR) is 83.2 cm³/mol. The summed E-state index contributed by atoms with van der Waals surface area (Å²) in [5.41, 5.74) is 2.04. The van der Waals surface area contributed by atoms with Crippen molar-refractivity contribution in [3.05, 3.63) is 35.5 Å². The number of rotatable bonds is 4. The van der Waals surface area contributed by atoms with Crippen LogP contribution in [0.5, 0.6) is 0 Å².